The zero-order chi connectivity index (χ0) is 20.0. The van der Waals surface area contributed by atoms with E-state index < -0.39 is 29.1 Å². The fourth-order valence-corrected chi connectivity index (χ4v) is 2.90. The summed E-state index contributed by atoms with van der Waals surface area (Å²) in [5.41, 5.74) is 0.0623. The van der Waals surface area contributed by atoms with Gasteiger partial charge in [-0.3, -0.25) is 29.8 Å². The molecule has 0 spiro atoms. The zero-order valence-electron chi connectivity index (χ0n) is 14.2. The Morgan fingerprint density at radius 2 is 2.04 bits per heavy atom. The Morgan fingerprint density at radius 3 is 2.63 bits per heavy atom. The van der Waals surface area contributed by atoms with Crippen LogP contribution in [0.15, 0.2) is 24.4 Å². The summed E-state index contributed by atoms with van der Waals surface area (Å²) in [6, 6.07) is 4.34. The molecular weight excluding hydrogens is 376 g/mol. The molecule has 142 valence electrons. The Labute approximate surface area is 157 Å². The lowest BCUT2D eigenvalue weighted by molar-refractivity contribution is -0.380. The first kappa shape index (κ1) is 20.0. The van der Waals surface area contributed by atoms with Crippen molar-refractivity contribution in [3.8, 4) is 0 Å². The lowest BCUT2D eigenvalue weighted by atomic mass is 9.97. The van der Waals surface area contributed by atoms with E-state index in [4.69, 9.17) is 5.11 Å². The molecule has 1 aromatic carbocycles. The summed E-state index contributed by atoms with van der Waals surface area (Å²) >= 11 is 0.653. The minimum absolute atomic E-state index is 0.0192. The van der Waals surface area contributed by atoms with Crippen molar-refractivity contribution in [2.75, 3.05) is 11.9 Å². The van der Waals surface area contributed by atoms with E-state index in [0.717, 1.165) is 6.20 Å². The summed E-state index contributed by atoms with van der Waals surface area (Å²) in [4.78, 5) is 50.0. The molecule has 2 amide bonds. The van der Waals surface area contributed by atoms with Gasteiger partial charge in [-0.05, 0) is 29.4 Å². The van der Waals surface area contributed by atoms with Gasteiger partial charge in [0.05, 0.1) is 22.5 Å². The van der Waals surface area contributed by atoms with Crippen LogP contribution in [-0.2, 0) is 11.2 Å². The van der Waals surface area contributed by atoms with Gasteiger partial charge in [0.1, 0.15) is 6.20 Å². The standard InChI is InChI=1S/C16H16N4O6S/c1-2-6-17-14(23)10-5-3-4-9(7-12(21)22)13(10)15(24)19-16-18-8-11(27-16)20(25)26/h3-5,8H,2,6-7H2,1H3,(H,17,23)(H,21,22)(H,18,19,24). The highest BCUT2D eigenvalue weighted by Gasteiger charge is 2.23. The van der Waals surface area contributed by atoms with Crippen LogP contribution in [-0.4, -0.2) is 39.3 Å². The summed E-state index contributed by atoms with van der Waals surface area (Å²) < 4.78 is 0. The third-order valence-electron chi connectivity index (χ3n) is 3.39. The predicted molar refractivity (Wildman–Crippen MR) is 97.1 cm³/mol. The van der Waals surface area contributed by atoms with Gasteiger partial charge in [-0.1, -0.05) is 19.1 Å². The van der Waals surface area contributed by atoms with Crippen molar-refractivity contribution in [1.82, 2.24) is 10.3 Å². The second kappa shape index (κ2) is 8.85. The molecule has 1 heterocycles. The molecule has 2 rings (SSSR count). The number of rotatable bonds is 8. The van der Waals surface area contributed by atoms with Crippen molar-refractivity contribution in [3.63, 3.8) is 0 Å². The molecule has 0 aliphatic rings. The number of nitrogens with zero attached hydrogens (tertiary/aromatic N) is 2. The van der Waals surface area contributed by atoms with Gasteiger partial charge in [0.25, 0.3) is 11.8 Å². The number of carbonyl (C=O) groups is 3. The fraction of sp³-hybridized carbons (Fsp3) is 0.250. The van der Waals surface area contributed by atoms with E-state index in [1.165, 1.54) is 18.2 Å². The van der Waals surface area contributed by atoms with E-state index in [2.05, 4.69) is 15.6 Å². The first-order valence-corrected chi connectivity index (χ1v) is 8.68. The van der Waals surface area contributed by atoms with Crippen molar-refractivity contribution in [2.45, 2.75) is 19.8 Å². The minimum Gasteiger partial charge on any atom is -0.481 e. The maximum absolute atomic E-state index is 12.7. The lowest BCUT2D eigenvalue weighted by Gasteiger charge is -2.13. The van der Waals surface area contributed by atoms with Crippen LogP contribution in [0, 0.1) is 10.1 Å². The number of amides is 2. The van der Waals surface area contributed by atoms with Crippen molar-refractivity contribution < 1.29 is 24.4 Å². The number of nitro groups is 1. The van der Waals surface area contributed by atoms with Crippen LogP contribution in [0.4, 0.5) is 10.1 Å². The van der Waals surface area contributed by atoms with E-state index in [9.17, 15) is 24.5 Å². The SMILES string of the molecule is CCCNC(=O)c1cccc(CC(=O)O)c1C(=O)Nc1ncc([N+](=O)[O-])s1. The van der Waals surface area contributed by atoms with E-state index in [0.29, 0.717) is 24.3 Å². The fourth-order valence-electron chi connectivity index (χ4n) is 2.27. The lowest BCUT2D eigenvalue weighted by Crippen LogP contribution is -2.28. The molecule has 0 fully saturated rings. The molecule has 3 N–H and O–H groups in total. The van der Waals surface area contributed by atoms with Gasteiger partial charge in [0, 0.05) is 6.54 Å². The predicted octanol–water partition coefficient (Wildman–Crippen LogP) is 2.07. The van der Waals surface area contributed by atoms with Crippen LogP contribution in [0.5, 0.6) is 0 Å². The van der Waals surface area contributed by atoms with Crippen LogP contribution in [0.2, 0.25) is 0 Å². The number of aromatic nitrogens is 1. The van der Waals surface area contributed by atoms with E-state index >= 15 is 0 Å². The van der Waals surface area contributed by atoms with Gasteiger partial charge >= 0.3 is 11.0 Å². The van der Waals surface area contributed by atoms with E-state index in [-0.39, 0.29) is 26.8 Å². The second-order valence-electron chi connectivity index (χ2n) is 5.38. The van der Waals surface area contributed by atoms with Crippen molar-refractivity contribution >= 4 is 39.3 Å². The number of carboxylic acid groups (broad SMARTS) is 1. The summed E-state index contributed by atoms with van der Waals surface area (Å²) in [5.74, 6) is -2.45. The number of nitrogens with one attached hydrogen (secondary N) is 2. The number of aliphatic carboxylic acids is 1. The molecule has 0 aliphatic heterocycles. The molecular formula is C16H16N4O6S. The van der Waals surface area contributed by atoms with Gasteiger partial charge in [-0.15, -0.1) is 0 Å². The number of benzene rings is 1. The van der Waals surface area contributed by atoms with E-state index in [1.54, 1.807) is 0 Å². The molecule has 1 aromatic heterocycles. The minimum atomic E-state index is -1.17. The Bertz CT molecular complexity index is 895. The third-order valence-corrected chi connectivity index (χ3v) is 4.26. The van der Waals surface area contributed by atoms with Gasteiger partial charge in [-0.25, -0.2) is 4.98 Å². The first-order valence-electron chi connectivity index (χ1n) is 7.87. The second-order valence-corrected chi connectivity index (χ2v) is 6.39. The molecule has 10 nitrogen and oxygen atoms in total. The van der Waals surface area contributed by atoms with Gasteiger partial charge in [-0.2, -0.15) is 0 Å². The summed E-state index contributed by atoms with van der Waals surface area (Å²) in [6.07, 6.45) is 1.22. The van der Waals surface area contributed by atoms with Crippen LogP contribution in [0.1, 0.15) is 39.6 Å². The van der Waals surface area contributed by atoms with Crippen molar-refractivity contribution in [3.05, 3.63) is 51.2 Å². The Hall–Kier alpha value is -3.34. The highest BCUT2D eigenvalue weighted by atomic mass is 32.1. The molecule has 0 bridgehead atoms. The third kappa shape index (κ3) is 5.07. The number of anilines is 1. The topological polar surface area (TPSA) is 152 Å². The molecule has 0 radical (unpaired) electrons. The van der Waals surface area contributed by atoms with Crippen LogP contribution in [0.3, 0.4) is 0 Å². The smallest absolute Gasteiger partial charge is 0.345 e. The molecule has 27 heavy (non-hydrogen) atoms. The molecule has 0 saturated carbocycles. The molecule has 0 atom stereocenters. The van der Waals surface area contributed by atoms with E-state index in [1.807, 2.05) is 6.92 Å². The number of carbonyl (C=O) groups excluding carboxylic acids is 2. The quantitative estimate of drug-likeness (QED) is 0.459. The summed E-state index contributed by atoms with van der Waals surface area (Å²) in [5, 5.41) is 24.6. The highest BCUT2D eigenvalue weighted by Crippen LogP contribution is 2.26. The van der Waals surface area contributed by atoms with Crippen molar-refractivity contribution in [2.24, 2.45) is 0 Å². The molecule has 0 saturated heterocycles. The van der Waals surface area contributed by atoms with Crippen LogP contribution < -0.4 is 10.6 Å². The molecule has 11 heteroatoms. The average molecular weight is 392 g/mol. The highest BCUT2D eigenvalue weighted by molar-refractivity contribution is 7.18. The maximum atomic E-state index is 12.7. The first-order chi connectivity index (χ1) is 12.8. The Balaban J connectivity index is 2.40. The summed E-state index contributed by atoms with van der Waals surface area (Å²) in [6.45, 7) is 2.26. The number of thiazole rings is 1. The summed E-state index contributed by atoms with van der Waals surface area (Å²) in [7, 11) is 0. The molecule has 0 aliphatic carbocycles. The molecule has 2 aromatic rings. The normalized spacial score (nSPS) is 10.3. The maximum Gasteiger partial charge on any atom is 0.345 e. The van der Waals surface area contributed by atoms with Crippen LogP contribution in [0.25, 0.3) is 0 Å². The largest absolute Gasteiger partial charge is 0.481 e. The number of hydrogen-bond acceptors (Lipinski definition) is 7. The van der Waals surface area contributed by atoms with Crippen LogP contribution >= 0.6 is 11.3 Å². The van der Waals surface area contributed by atoms with Gasteiger partial charge < -0.3 is 10.4 Å². The van der Waals surface area contributed by atoms with Gasteiger partial charge in [0.15, 0.2) is 5.13 Å². The zero-order valence-corrected chi connectivity index (χ0v) is 15.0. The Kier molecular flexibility index (Phi) is 6.55. The average Bonchev–Trinajstić information content (AvgIpc) is 3.07. The number of hydrogen-bond donors (Lipinski definition) is 3. The van der Waals surface area contributed by atoms with Crippen molar-refractivity contribution in [1.29, 1.82) is 0 Å². The monoisotopic (exact) mass is 392 g/mol. The Morgan fingerprint density at radius 1 is 1.30 bits per heavy atom. The molecule has 0 unspecified atom stereocenters. The number of carboxylic acids is 1. The van der Waals surface area contributed by atoms with Gasteiger partial charge in [0.2, 0.25) is 0 Å².